The summed E-state index contributed by atoms with van der Waals surface area (Å²) < 4.78 is 1.49. The molecule has 2 atom stereocenters. The Morgan fingerprint density at radius 2 is 1.57 bits per heavy atom. The van der Waals surface area contributed by atoms with Gasteiger partial charge in [0.05, 0.1) is 0 Å². The third-order valence-electron chi connectivity index (χ3n) is 6.09. The summed E-state index contributed by atoms with van der Waals surface area (Å²) in [4.78, 5) is 0. The van der Waals surface area contributed by atoms with E-state index in [0.29, 0.717) is 0 Å². The fourth-order valence-electron chi connectivity index (χ4n) is 4.76. The van der Waals surface area contributed by atoms with Crippen LogP contribution >= 0.6 is 7.92 Å². The van der Waals surface area contributed by atoms with E-state index < -0.39 is 23.2 Å². The van der Waals surface area contributed by atoms with Crippen molar-refractivity contribution >= 4 is 20.1 Å². The molecule has 0 fully saturated rings. The van der Waals surface area contributed by atoms with E-state index in [1.165, 1.54) is 47.4 Å². The molecule has 2 aromatic carbocycles. The van der Waals surface area contributed by atoms with E-state index in [-0.39, 0.29) is 32.7 Å². The van der Waals surface area contributed by atoms with E-state index in [9.17, 15) is 0 Å². The largest absolute Gasteiger partial charge is 1.00 e. The normalized spacial score (nSPS) is 18.2. The van der Waals surface area contributed by atoms with Crippen LogP contribution in [0.3, 0.4) is 0 Å². The Hall–Kier alpha value is -0.187. The summed E-state index contributed by atoms with van der Waals surface area (Å²) in [6.07, 6.45) is 13.1. The van der Waals surface area contributed by atoms with Gasteiger partial charge in [-0.25, -0.2) is 0 Å². The van der Waals surface area contributed by atoms with Gasteiger partial charge in [-0.3, -0.25) is 0 Å². The van der Waals surface area contributed by atoms with Gasteiger partial charge in [-0.05, 0) is 0 Å². The predicted octanol–water partition coefficient (Wildman–Crippen LogP) is 1.86. The van der Waals surface area contributed by atoms with Gasteiger partial charge in [-0.15, -0.1) is 0 Å². The van der Waals surface area contributed by atoms with Gasteiger partial charge in [0.25, 0.3) is 0 Å². The molecule has 158 valence electrons. The summed E-state index contributed by atoms with van der Waals surface area (Å²) in [6.45, 7) is 9.32. The number of aryl methyl sites for hydroxylation is 2. The van der Waals surface area contributed by atoms with Crippen LogP contribution < -0.4 is 24.8 Å². The summed E-state index contributed by atoms with van der Waals surface area (Å²) in [5, 5.41) is 1.85. The second-order valence-electron chi connectivity index (χ2n) is 8.15. The Morgan fingerprint density at radius 1 is 0.900 bits per heavy atom. The molecule has 0 saturated carbocycles. The molecule has 2 aliphatic rings. The quantitative estimate of drug-likeness (QED) is 0.474. The summed E-state index contributed by atoms with van der Waals surface area (Å²) in [5.74, 6) is 0. The van der Waals surface area contributed by atoms with Gasteiger partial charge in [0.15, 0.2) is 0 Å². The van der Waals surface area contributed by atoms with E-state index >= 15 is 0 Å². The smallest absolute Gasteiger partial charge is 1.00 e. The maximum atomic E-state index is 2.61. The first-order valence-corrected chi connectivity index (χ1v) is 15.3. The third kappa shape index (κ3) is 5.07. The predicted molar refractivity (Wildman–Crippen MR) is 122 cm³/mol. The maximum absolute atomic E-state index is 2.61. The molecular weight excluding hydrogens is 505 g/mol. The minimum absolute atomic E-state index is 0. The third-order valence-corrected chi connectivity index (χ3v) is 14.2. The molecule has 0 saturated heterocycles. The van der Waals surface area contributed by atoms with Crippen molar-refractivity contribution in [3.8, 4) is 0 Å². The molecule has 0 aliphatic heterocycles. The molecule has 0 nitrogen and oxygen atoms in total. The van der Waals surface area contributed by atoms with E-state index in [2.05, 4.69) is 82.3 Å². The molecule has 0 heterocycles. The van der Waals surface area contributed by atoms with Crippen molar-refractivity contribution in [3.63, 3.8) is 0 Å². The molecule has 0 aromatic heterocycles. The van der Waals surface area contributed by atoms with Gasteiger partial charge in [0, 0.05) is 0 Å². The van der Waals surface area contributed by atoms with Crippen molar-refractivity contribution in [1.29, 1.82) is 0 Å². The van der Waals surface area contributed by atoms with Crippen LogP contribution in [-0.4, -0.2) is 12.3 Å². The average Bonchev–Trinajstić information content (AvgIpc) is 3.28. The summed E-state index contributed by atoms with van der Waals surface area (Å²) in [7, 11) is 0.0305. The fraction of sp³-hybridized carbons (Fsp3) is 0.385. The van der Waals surface area contributed by atoms with Crippen LogP contribution in [0.15, 0.2) is 47.8 Å². The molecule has 0 radical (unpaired) electrons. The van der Waals surface area contributed by atoms with Gasteiger partial charge in [0.2, 0.25) is 0 Å². The zero-order chi connectivity index (χ0) is 19.7. The number of benzene rings is 2. The van der Waals surface area contributed by atoms with Crippen LogP contribution in [0.5, 0.6) is 0 Å². The zero-order valence-electron chi connectivity index (χ0n) is 18.4. The van der Waals surface area contributed by atoms with Gasteiger partial charge in [-0.1, -0.05) is 0 Å². The van der Waals surface area contributed by atoms with E-state index in [4.69, 9.17) is 0 Å². The van der Waals surface area contributed by atoms with E-state index in [1.54, 1.807) is 11.1 Å². The molecule has 2 unspecified atom stereocenters. The molecule has 30 heavy (non-hydrogen) atoms. The standard InChI is InChI=1S/C15H20P.C11H11.2ClH.Zr/c1-3-9-16(10-4-2)15-11-13-7-5-6-8-14(13)12-15;1-8-6-7-9(2)11-5-3-4-10(8)11;;;/h5-8,11-12H,3-4,9-10H2,1-2H3;3-7H,1-2H3;2*1H;/q;;;;+2/p-2. The monoisotopic (exact) mass is 534 g/mol. The van der Waals surface area contributed by atoms with Crippen LogP contribution in [0, 0.1) is 13.8 Å². The van der Waals surface area contributed by atoms with Crippen LogP contribution in [0.25, 0.3) is 12.2 Å². The summed E-state index contributed by atoms with van der Waals surface area (Å²) >= 11 is -0.707. The van der Waals surface area contributed by atoms with Crippen molar-refractivity contribution < 1.29 is 48.0 Å². The Balaban J connectivity index is 0.00000160. The molecule has 2 aromatic rings. The minimum atomic E-state index is -0.707. The van der Waals surface area contributed by atoms with Gasteiger partial charge in [0.1, 0.15) is 0 Å². The van der Waals surface area contributed by atoms with Gasteiger partial charge >= 0.3 is 185 Å². The molecule has 0 N–H and O–H groups in total. The average molecular weight is 537 g/mol. The molecule has 4 rings (SSSR count). The number of hydrogen-bond acceptors (Lipinski definition) is 0. The molecular formula is C26H31Cl2PZr. The Morgan fingerprint density at radius 3 is 2.27 bits per heavy atom. The number of allylic oxidation sites excluding steroid dienone is 2. The van der Waals surface area contributed by atoms with Crippen LogP contribution in [0.4, 0.5) is 0 Å². The summed E-state index contributed by atoms with van der Waals surface area (Å²) in [6, 6.07) is 13.9. The van der Waals surface area contributed by atoms with E-state index in [1.807, 2.05) is 5.31 Å². The molecule has 0 amide bonds. The van der Waals surface area contributed by atoms with Crippen molar-refractivity contribution in [2.45, 2.75) is 47.8 Å². The van der Waals surface area contributed by atoms with Crippen LogP contribution in [0.2, 0.25) is 0 Å². The minimum Gasteiger partial charge on any atom is -1.00 e. The first-order chi connectivity index (χ1) is 13.6. The molecule has 4 heteroatoms. The van der Waals surface area contributed by atoms with Crippen LogP contribution in [0.1, 0.15) is 67.3 Å². The second kappa shape index (κ2) is 11.6. The zero-order valence-corrected chi connectivity index (χ0v) is 23.2. The number of hydrogen-bond donors (Lipinski definition) is 0. The topological polar surface area (TPSA) is 0 Å². The number of halogens is 2. The molecule has 0 spiro atoms. The van der Waals surface area contributed by atoms with Crippen molar-refractivity contribution in [2.75, 3.05) is 12.3 Å². The van der Waals surface area contributed by atoms with Crippen LogP contribution in [-0.2, 0) is 23.2 Å². The second-order valence-corrected chi connectivity index (χ2v) is 14.4. The Kier molecular flexibility index (Phi) is 10.1. The first kappa shape index (κ1) is 26.1. The Bertz CT molecular complexity index is 929. The van der Waals surface area contributed by atoms with Gasteiger partial charge in [-0.2, -0.15) is 0 Å². The molecule has 0 bridgehead atoms. The number of rotatable bonds is 7. The van der Waals surface area contributed by atoms with E-state index in [0.717, 1.165) is 7.25 Å². The fourth-order valence-corrected chi connectivity index (χ4v) is 13.7. The Labute approximate surface area is 208 Å². The maximum Gasteiger partial charge on any atom is -1.00 e. The first-order valence-electron chi connectivity index (χ1n) is 10.7. The van der Waals surface area contributed by atoms with Crippen molar-refractivity contribution in [1.82, 2.24) is 0 Å². The number of fused-ring (bicyclic) bond motifs is 2. The van der Waals surface area contributed by atoms with Crippen molar-refractivity contribution in [3.05, 3.63) is 81.2 Å². The van der Waals surface area contributed by atoms with Gasteiger partial charge < -0.3 is 24.8 Å². The van der Waals surface area contributed by atoms with Crippen molar-refractivity contribution in [2.24, 2.45) is 0 Å². The summed E-state index contributed by atoms with van der Waals surface area (Å²) in [5.41, 5.74) is 9.29. The SMILES string of the molecule is CCCP(CCC)C1=Cc2ccccc2[CH]1[Zr+2][CH]1C=Cc2c(C)ccc(C)c21.[Cl-].[Cl-]. The molecule has 2 aliphatic carbocycles.